The first kappa shape index (κ1) is 24.3. The predicted molar refractivity (Wildman–Crippen MR) is 123 cm³/mol. The van der Waals surface area contributed by atoms with E-state index in [1.807, 2.05) is 30.3 Å². The zero-order valence-corrected chi connectivity index (χ0v) is 19.1. The van der Waals surface area contributed by atoms with Gasteiger partial charge in [-0.05, 0) is 48.6 Å². The maximum absolute atomic E-state index is 13.2. The number of nitrogens with zero attached hydrogens (tertiary/aromatic N) is 2. The first-order valence-corrected chi connectivity index (χ1v) is 11.8. The highest BCUT2D eigenvalue weighted by Gasteiger charge is 2.37. The zero-order valence-electron chi connectivity index (χ0n) is 19.1. The Morgan fingerprint density at radius 2 is 1.53 bits per heavy atom. The van der Waals surface area contributed by atoms with Crippen LogP contribution in [0.1, 0.15) is 47.2 Å². The fourth-order valence-corrected chi connectivity index (χ4v) is 5.03. The molecular formula is C26H30F3N3O2. The van der Waals surface area contributed by atoms with Crippen molar-refractivity contribution in [1.29, 1.82) is 0 Å². The summed E-state index contributed by atoms with van der Waals surface area (Å²) in [5, 5.41) is 3.10. The Labute approximate surface area is 197 Å². The van der Waals surface area contributed by atoms with E-state index in [2.05, 4.69) is 10.2 Å². The fourth-order valence-electron chi connectivity index (χ4n) is 5.03. The lowest BCUT2D eigenvalue weighted by molar-refractivity contribution is -0.137. The molecule has 1 saturated carbocycles. The molecule has 2 aromatic carbocycles. The van der Waals surface area contributed by atoms with Gasteiger partial charge in [-0.15, -0.1) is 0 Å². The van der Waals surface area contributed by atoms with Gasteiger partial charge in [0.25, 0.3) is 5.91 Å². The molecule has 1 aliphatic carbocycles. The van der Waals surface area contributed by atoms with Gasteiger partial charge in [0.2, 0.25) is 5.91 Å². The minimum Gasteiger partial charge on any atom is -0.351 e. The number of benzene rings is 2. The lowest BCUT2D eigenvalue weighted by Gasteiger charge is -2.40. The van der Waals surface area contributed by atoms with Crippen molar-refractivity contribution in [2.45, 2.75) is 44.4 Å². The van der Waals surface area contributed by atoms with E-state index >= 15 is 0 Å². The third-order valence-corrected chi connectivity index (χ3v) is 6.88. The Morgan fingerprint density at radius 1 is 0.912 bits per heavy atom. The lowest BCUT2D eigenvalue weighted by atomic mass is 9.94. The van der Waals surface area contributed by atoms with Crippen molar-refractivity contribution in [2.75, 3.05) is 26.2 Å². The molecule has 2 aromatic rings. The normalized spacial score (nSPS) is 18.6. The van der Waals surface area contributed by atoms with Crippen LogP contribution in [0.25, 0.3) is 0 Å². The van der Waals surface area contributed by atoms with E-state index in [0.29, 0.717) is 38.6 Å². The van der Waals surface area contributed by atoms with Crippen LogP contribution in [0.2, 0.25) is 0 Å². The van der Waals surface area contributed by atoms with Gasteiger partial charge in [-0.3, -0.25) is 14.5 Å². The summed E-state index contributed by atoms with van der Waals surface area (Å²) in [5.41, 5.74) is 0.525. The molecule has 4 rings (SSSR count). The summed E-state index contributed by atoms with van der Waals surface area (Å²) in [6, 6.07) is 13.9. The topological polar surface area (TPSA) is 52.7 Å². The predicted octanol–water partition coefficient (Wildman–Crippen LogP) is 4.34. The van der Waals surface area contributed by atoms with Gasteiger partial charge in [0, 0.05) is 38.3 Å². The van der Waals surface area contributed by atoms with Crippen molar-refractivity contribution in [1.82, 2.24) is 15.1 Å². The van der Waals surface area contributed by atoms with E-state index < -0.39 is 11.7 Å². The third kappa shape index (κ3) is 5.78. The van der Waals surface area contributed by atoms with Gasteiger partial charge in [-0.1, -0.05) is 43.2 Å². The molecule has 182 valence electrons. The summed E-state index contributed by atoms with van der Waals surface area (Å²) in [6.07, 6.45) is -0.134. The Bertz CT molecular complexity index is 965. The molecule has 5 nitrogen and oxygen atoms in total. The molecule has 0 radical (unpaired) electrons. The first-order valence-electron chi connectivity index (χ1n) is 11.8. The maximum atomic E-state index is 13.2. The van der Waals surface area contributed by atoms with Crippen molar-refractivity contribution >= 4 is 11.8 Å². The van der Waals surface area contributed by atoms with E-state index in [4.69, 9.17) is 0 Å². The van der Waals surface area contributed by atoms with E-state index in [-0.39, 0.29) is 23.4 Å². The molecule has 1 heterocycles. The molecule has 0 aromatic heterocycles. The van der Waals surface area contributed by atoms with Crippen molar-refractivity contribution in [2.24, 2.45) is 5.92 Å². The van der Waals surface area contributed by atoms with Gasteiger partial charge in [0.1, 0.15) is 0 Å². The van der Waals surface area contributed by atoms with Crippen LogP contribution in [-0.4, -0.2) is 53.8 Å². The standard InChI is InChI=1S/C26H30F3N3O2/c27-26(28,29)22-12-10-21(11-13-22)25(34)32-16-14-31(15-17-32)23(20-8-4-5-9-20)24(33)30-18-19-6-2-1-3-7-19/h1-3,6-7,10-13,20,23H,4-5,8-9,14-18H2,(H,30,33)/t23-/m0/s1. The van der Waals surface area contributed by atoms with Crippen LogP contribution in [0.15, 0.2) is 54.6 Å². The number of amides is 2. The largest absolute Gasteiger partial charge is 0.416 e. The van der Waals surface area contributed by atoms with Gasteiger partial charge < -0.3 is 10.2 Å². The van der Waals surface area contributed by atoms with E-state index in [1.54, 1.807) is 4.90 Å². The number of hydrogen-bond donors (Lipinski definition) is 1. The average molecular weight is 474 g/mol. The van der Waals surface area contributed by atoms with Crippen LogP contribution in [0, 0.1) is 5.92 Å². The SMILES string of the molecule is O=C(NCc1ccccc1)[C@H](C1CCCC1)N1CCN(C(=O)c2ccc(C(F)(F)F)cc2)CC1. The molecule has 8 heteroatoms. The third-order valence-electron chi connectivity index (χ3n) is 6.88. The molecule has 1 aliphatic heterocycles. The minimum absolute atomic E-state index is 0.0262. The highest BCUT2D eigenvalue weighted by molar-refractivity contribution is 5.94. The van der Waals surface area contributed by atoms with Crippen molar-refractivity contribution in [3.63, 3.8) is 0 Å². The molecule has 0 unspecified atom stereocenters. The van der Waals surface area contributed by atoms with Crippen LogP contribution >= 0.6 is 0 Å². The molecule has 34 heavy (non-hydrogen) atoms. The second kappa shape index (κ2) is 10.6. The Morgan fingerprint density at radius 3 is 2.12 bits per heavy atom. The molecule has 1 saturated heterocycles. The summed E-state index contributed by atoms with van der Waals surface area (Å²) < 4.78 is 38.4. The highest BCUT2D eigenvalue weighted by atomic mass is 19.4. The summed E-state index contributed by atoms with van der Waals surface area (Å²) in [7, 11) is 0. The molecule has 0 spiro atoms. The van der Waals surface area contributed by atoms with Crippen LogP contribution in [0.3, 0.4) is 0 Å². The van der Waals surface area contributed by atoms with E-state index in [9.17, 15) is 22.8 Å². The van der Waals surface area contributed by atoms with Gasteiger partial charge in [-0.2, -0.15) is 13.2 Å². The number of carbonyl (C=O) groups is 2. The lowest BCUT2D eigenvalue weighted by Crippen LogP contribution is -2.57. The molecule has 2 aliphatic rings. The summed E-state index contributed by atoms with van der Waals surface area (Å²) in [6.45, 7) is 2.48. The van der Waals surface area contributed by atoms with Crippen LogP contribution in [0.4, 0.5) is 13.2 Å². The van der Waals surface area contributed by atoms with Gasteiger partial charge in [0.15, 0.2) is 0 Å². The van der Waals surface area contributed by atoms with Crippen molar-refractivity contribution in [3.05, 3.63) is 71.3 Å². The zero-order chi connectivity index (χ0) is 24.1. The minimum atomic E-state index is -4.43. The molecule has 2 fully saturated rings. The quantitative estimate of drug-likeness (QED) is 0.679. The number of halogens is 3. The van der Waals surface area contributed by atoms with Crippen molar-refractivity contribution in [3.8, 4) is 0 Å². The molecule has 0 bridgehead atoms. The number of nitrogens with one attached hydrogen (secondary N) is 1. The Balaban J connectivity index is 1.37. The second-order valence-electron chi connectivity index (χ2n) is 9.10. The summed E-state index contributed by atoms with van der Waals surface area (Å²) in [4.78, 5) is 29.9. The fraction of sp³-hybridized carbons (Fsp3) is 0.462. The van der Waals surface area contributed by atoms with E-state index in [0.717, 1.165) is 43.4 Å². The maximum Gasteiger partial charge on any atom is 0.416 e. The molecule has 2 amide bonds. The Kier molecular flexibility index (Phi) is 7.56. The molecular weight excluding hydrogens is 443 g/mol. The molecule has 1 atom stereocenters. The van der Waals surface area contributed by atoms with Gasteiger partial charge >= 0.3 is 6.18 Å². The second-order valence-corrected chi connectivity index (χ2v) is 9.10. The average Bonchev–Trinajstić information content (AvgIpc) is 3.37. The number of hydrogen-bond acceptors (Lipinski definition) is 3. The monoisotopic (exact) mass is 473 g/mol. The smallest absolute Gasteiger partial charge is 0.351 e. The Hall–Kier alpha value is -2.87. The number of piperazine rings is 1. The van der Waals surface area contributed by atoms with Crippen LogP contribution in [0.5, 0.6) is 0 Å². The highest BCUT2D eigenvalue weighted by Crippen LogP contribution is 2.32. The van der Waals surface area contributed by atoms with E-state index in [1.165, 1.54) is 12.1 Å². The number of rotatable bonds is 6. The van der Waals surface area contributed by atoms with Crippen LogP contribution < -0.4 is 5.32 Å². The number of alkyl halides is 3. The molecule has 1 N–H and O–H groups in total. The number of carbonyl (C=O) groups excluding carboxylic acids is 2. The van der Waals surface area contributed by atoms with Gasteiger partial charge in [-0.25, -0.2) is 0 Å². The van der Waals surface area contributed by atoms with Crippen molar-refractivity contribution < 1.29 is 22.8 Å². The summed E-state index contributed by atoms with van der Waals surface area (Å²) >= 11 is 0. The summed E-state index contributed by atoms with van der Waals surface area (Å²) in [5.74, 6) is 0.0468. The van der Waals surface area contributed by atoms with Crippen LogP contribution in [-0.2, 0) is 17.5 Å². The van der Waals surface area contributed by atoms with Gasteiger partial charge in [0.05, 0.1) is 11.6 Å². The first-order chi connectivity index (χ1) is 16.3.